The number of hydrogen-bond acceptors (Lipinski definition) is 6. The van der Waals surface area contributed by atoms with Gasteiger partial charge in [0.15, 0.2) is 0 Å². The molecule has 30 heavy (non-hydrogen) atoms. The molecule has 9 heteroatoms. The minimum Gasteiger partial charge on any atom is -0.494 e. The molecule has 0 heterocycles. The molecule has 1 unspecified atom stereocenters. The van der Waals surface area contributed by atoms with Crippen LogP contribution >= 0.6 is 0 Å². The average Bonchev–Trinajstić information content (AvgIpc) is 2.62. The van der Waals surface area contributed by atoms with Crippen molar-refractivity contribution in [1.82, 2.24) is 4.72 Å². The summed E-state index contributed by atoms with van der Waals surface area (Å²) < 4.78 is 38.0. The smallest absolute Gasteiger partial charge is 0.325 e. The van der Waals surface area contributed by atoms with E-state index in [1.165, 1.54) is 0 Å². The Hall–Kier alpha value is -2.13. The number of sulfonamides is 1. The van der Waals surface area contributed by atoms with Gasteiger partial charge in [-0.3, -0.25) is 9.59 Å². The molecule has 8 nitrogen and oxygen atoms in total. The highest BCUT2D eigenvalue weighted by atomic mass is 32.2. The predicted molar refractivity (Wildman–Crippen MR) is 114 cm³/mol. The highest BCUT2D eigenvalue weighted by molar-refractivity contribution is 7.89. The Labute approximate surface area is 179 Å². The van der Waals surface area contributed by atoms with Crippen molar-refractivity contribution in [2.45, 2.75) is 71.4 Å². The van der Waals surface area contributed by atoms with Gasteiger partial charge < -0.3 is 14.6 Å². The molecule has 0 bridgehead atoms. The lowest BCUT2D eigenvalue weighted by Crippen LogP contribution is -2.46. The maximum Gasteiger partial charge on any atom is 0.325 e. The number of esters is 1. The van der Waals surface area contributed by atoms with Crippen LogP contribution in [0, 0.1) is 0 Å². The van der Waals surface area contributed by atoms with Crippen LogP contribution < -0.4 is 9.46 Å². The van der Waals surface area contributed by atoms with Gasteiger partial charge >= 0.3 is 11.9 Å². The van der Waals surface area contributed by atoms with Gasteiger partial charge in [-0.25, -0.2) is 13.1 Å². The lowest BCUT2D eigenvalue weighted by Gasteiger charge is -2.24. The molecule has 0 aliphatic rings. The van der Waals surface area contributed by atoms with Crippen molar-refractivity contribution in [2.24, 2.45) is 0 Å². The third-order valence-electron chi connectivity index (χ3n) is 3.95. The zero-order valence-electron chi connectivity index (χ0n) is 18.1. The quantitative estimate of drug-likeness (QED) is 0.355. The second-order valence-corrected chi connectivity index (χ2v) is 9.94. The third kappa shape index (κ3) is 11.2. The van der Waals surface area contributed by atoms with Gasteiger partial charge in [-0.2, -0.15) is 0 Å². The van der Waals surface area contributed by atoms with Gasteiger partial charge in [0.1, 0.15) is 17.4 Å². The number of carbonyl (C=O) groups excluding carboxylic acids is 1. The molecular formula is C21H33NO7S. The largest absolute Gasteiger partial charge is 0.494 e. The van der Waals surface area contributed by atoms with Crippen molar-refractivity contribution < 1.29 is 32.6 Å². The molecule has 0 saturated heterocycles. The molecule has 0 radical (unpaired) electrons. The van der Waals surface area contributed by atoms with Crippen molar-refractivity contribution in [1.29, 1.82) is 0 Å². The maximum absolute atomic E-state index is 12.6. The van der Waals surface area contributed by atoms with E-state index in [9.17, 15) is 18.0 Å². The number of ether oxygens (including phenoxy) is 2. The highest BCUT2D eigenvalue weighted by Gasteiger charge is 2.29. The van der Waals surface area contributed by atoms with E-state index in [1.54, 1.807) is 45.0 Å². The monoisotopic (exact) mass is 443 g/mol. The number of unbranched alkanes of at least 4 members (excludes halogenated alkanes) is 1. The Balaban J connectivity index is 2.82. The first-order chi connectivity index (χ1) is 13.9. The molecule has 1 aromatic carbocycles. The Morgan fingerprint density at radius 3 is 2.30 bits per heavy atom. The van der Waals surface area contributed by atoms with Crippen LogP contribution in [0.2, 0.25) is 0 Å². The zero-order valence-corrected chi connectivity index (χ0v) is 19.0. The maximum atomic E-state index is 12.6. The summed E-state index contributed by atoms with van der Waals surface area (Å²) in [4.78, 5) is 23.1. The van der Waals surface area contributed by atoms with E-state index >= 15 is 0 Å². The summed E-state index contributed by atoms with van der Waals surface area (Å²) >= 11 is 0. The number of rotatable bonds is 13. The van der Waals surface area contributed by atoms with Crippen molar-refractivity contribution in [3.63, 3.8) is 0 Å². The molecule has 1 atom stereocenters. The van der Waals surface area contributed by atoms with Crippen LogP contribution in [-0.2, 0) is 30.8 Å². The molecule has 0 spiro atoms. The van der Waals surface area contributed by atoms with Crippen LogP contribution in [0.5, 0.6) is 5.75 Å². The van der Waals surface area contributed by atoms with Gasteiger partial charge in [-0.05, 0) is 57.7 Å². The fraction of sp³-hybridized carbons (Fsp3) is 0.619. The molecule has 0 fully saturated rings. The van der Waals surface area contributed by atoms with Crippen LogP contribution in [0.4, 0.5) is 0 Å². The predicted octanol–water partition coefficient (Wildman–Crippen LogP) is 2.90. The normalized spacial score (nSPS) is 12.9. The second-order valence-electron chi connectivity index (χ2n) is 8.07. The second kappa shape index (κ2) is 11.9. The van der Waals surface area contributed by atoms with Crippen LogP contribution in [0.25, 0.3) is 0 Å². The number of nitrogens with one attached hydrogen (secondary N) is 1. The van der Waals surface area contributed by atoms with Crippen LogP contribution in [0.3, 0.4) is 0 Å². The lowest BCUT2D eigenvalue weighted by atomic mass is 10.1. The Morgan fingerprint density at radius 1 is 1.13 bits per heavy atom. The number of carboxylic acids is 1. The number of aliphatic carboxylic acids is 1. The number of benzene rings is 1. The van der Waals surface area contributed by atoms with Gasteiger partial charge in [0, 0.05) is 6.42 Å². The molecule has 0 aliphatic carbocycles. The fourth-order valence-electron chi connectivity index (χ4n) is 2.53. The Bertz CT molecular complexity index is 783. The molecule has 2 N–H and O–H groups in total. The fourth-order valence-corrected chi connectivity index (χ4v) is 3.93. The van der Waals surface area contributed by atoms with Crippen molar-refractivity contribution in [3.05, 3.63) is 29.8 Å². The summed E-state index contributed by atoms with van der Waals surface area (Å²) in [7, 11) is -3.62. The van der Waals surface area contributed by atoms with Gasteiger partial charge in [-0.15, -0.1) is 0 Å². The van der Waals surface area contributed by atoms with Crippen molar-refractivity contribution >= 4 is 22.0 Å². The molecular weight excluding hydrogens is 410 g/mol. The summed E-state index contributed by atoms with van der Waals surface area (Å²) in [5.74, 6) is -0.979. The van der Waals surface area contributed by atoms with Gasteiger partial charge in [-0.1, -0.05) is 25.5 Å². The Morgan fingerprint density at radius 2 is 1.77 bits per heavy atom. The minimum atomic E-state index is -3.62. The standard InChI is InChI=1S/C21H33NO7S/c1-5-6-14-30(26,27)22-18(20(25)29-21(2,3)4)15-16-9-11-17(12-10-16)28-13-7-8-19(23)24/h9-12,18,22H,5-8,13-15H2,1-4H3,(H,23,24). The molecule has 0 saturated carbocycles. The topological polar surface area (TPSA) is 119 Å². The van der Waals surface area contributed by atoms with Gasteiger partial charge in [0.05, 0.1) is 12.4 Å². The summed E-state index contributed by atoms with van der Waals surface area (Å²) in [6, 6.07) is 5.85. The summed E-state index contributed by atoms with van der Waals surface area (Å²) in [5, 5.41) is 8.63. The molecule has 0 aromatic heterocycles. The van der Waals surface area contributed by atoms with Crippen LogP contribution in [-0.4, -0.2) is 49.5 Å². The van der Waals surface area contributed by atoms with E-state index in [0.29, 0.717) is 18.6 Å². The molecule has 0 amide bonds. The van der Waals surface area contributed by atoms with Crippen LogP contribution in [0.15, 0.2) is 24.3 Å². The van der Waals surface area contributed by atoms with Crippen molar-refractivity contribution in [2.75, 3.05) is 12.4 Å². The van der Waals surface area contributed by atoms with E-state index < -0.39 is 33.6 Å². The summed E-state index contributed by atoms with van der Waals surface area (Å²) in [5.41, 5.74) is -0.000347. The lowest BCUT2D eigenvalue weighted by molar-refractivity contribution is -0.156. The number of carbonyl (C=O) groups is 2. The molecule has 1 rings (SSSR count). The number of hydrogen-bond donors (Lipinski definition) is 2. The summed E-state index contributed by atoms with van der Waals surface area (Å²) in [6.07, 6.45) is 1.81. The van der Waals surface area contributed by atoms with Crippen LogP contribution in [0.1, 0.15) is 58.9 Å². The first-order valence-electron chi connectivity index (χ1n) is 10.1. The first kappa shape index (κ1) is 25.9. The van der Waals surface area contributed by atoms with Gasteiger partial charge in [0.2, 0.25) is 10.0 Å². The van der Waals surface area contributed by atoms with E-state index in [2.05, 4.69) is 4.72 Å². The average molecular weight is 444 g/mol. The summed E-state index contributed by atoms with van der Waals surface area (Å²) in [6.45, 7) is 7.35. The van der Waals surface area contributed by atoms with E-state index in [4.69, 9.17) is 14.6 Å². The highest BCUT2D eigenvalue weighted by Crippen LogP contribution is 2.16. The van der Waals surface area contributed by atoms with Gasteiger partial charge in [0.25, 0.3) is 0 Å². The van der Waals surface area contributed by atoms with E-state index in [-0.39, 0.29) is 25.2 Å². The number of carboxylic acid groups (broad SMARTS) is 1. The SMILES string of the molecule is CCCCS(=O)(=O)NC(Cc1ccc(OCCCC(=O)O)cc1)C(=O)OC(C)(C)C. The molecule has 0 aliphatic heterocycles. The minimum absolute atomic E-state index is 0.0355. The third-order valence-corrected chi connectivity index (χ3v) is 5.42. The zero-order chi connectivity index (χ0) is 22.8. The Kier molecular flexibility index (Phi) is 10.3. The first-order valence-corrected chi connectivity index (χ1v) is 11.7. The molecule has 170 valence electrons. The molecule has 1 aromatic rings. The van der Waals surface area contributed by atoms with E-state index in [0.717, 1.165) is 12.0 Å². The van der Waals surface area contributed by atoms with E-state index in [1.807, 2.05) is 6.92 Å². The van der Waals surface area contributed by atoms with Crippen molar-refractivity contribution in [3.8, 4) is 5.75 Å².